The number of rotatable bonds is 1. The molecule has 0 heterocycles. The Labute approximate surface area is 52.0 Å². The summed E-state index contributed by atoms with van der Waals surface area (Å²) in [6, 6.07) is 0. The normalized spacial score (nSPS) is 12.2. The zero-order valence-electron chi connectivity index (χ0n) is 4.03. The van der Waals surface area contributed by atoms with Crippen LogP contribution in [0.25, 0.3) is 0 Å². The first-order valence-electron chi connectivity index (χ1n) is 1.92. The Kier molecular flexibility index (Phi) is 3.82. The van der Waals surface area contributed by atoms with Crippen LogP contribution in [0.15, 0.2) is 4.99 Å². The van der Waals surface area contributed by atoms with E-state index in [4.69, 9.17) is 0 Å². The minimum atomic E-state index is 1.07. The first-order chi connectivity index (χ1) is 2.81. The van der Waals surface area contributed by atoms with E-state index in [-0.39, 0.29) is 0 Å². The van der Waals surface area contributed by atoms with Gasteiger partial charge in [0, 0.05) is 7.05 Å². The molecule has 0 saturated heterocycles. The molecule has 36 valence electrons. The molecule has 0 aromatic rings. The van der Waals surface area contributed by atoms with E-state index < -0.39 is 0 Å². The molecule has 2 heteroatoms. The van der Waals surface area contributed by atoms with E-state index in [1.54, 1.807) is 0 Å². The van der Waals surface area contributed by atoms with Gasteiger partial charge in [0.15, 0.2) is 0 Å². The topological polar surface area (TPSA) is 12.4 Å². The lowest BCUT2D eigenvalue weighted by Gasteiger charge is -1.81. The van der Waals surface area contributed by atoms with Crippen LogP contribution in [0, 0.1) is 0 Å². The van der Waals surface area contributed by atoms with Crippen LogP contribution in [0.2, 0.25) is 0 Å². The Balaban J connectivity index is 3.22. The van der Waals surface area contributed by atoms with Gasteiger partial charge in [0.05, 0.1) is 3.72 Å². The molecule has 0 aliphatic carbocycles. The van der Waals surface area contributed by atoms with Crippen molar-refractivity contribution in [1.82, 2.24) is 0 Å². The van der Waals surface area contributed by atoms with Crippen molar-refractivity contribution in [2.75, 3.05) is 7.05 Å². The number of aliphatic imine (C=N–C) groups is 1. The molecule has 0 aliphatic heterocycles. The van der Waals surface area contributed by atoms with Crippen LogP contribution in [0.3, 0.4) is 0 Å². The van der Waals surface area contributed by atoms with Gasteiger partial charge < -0.3 is 0 Å². The first kappa shape index (κ1) is 6.40. The van der Waals surface area contributed by atoms with Crippen LogP contribution < -0.4 is 0 Å². The van der Waals surface area contributed by atoms with Crippen molar-refractivity contribution in [2.45, 2.75) is 13.3 Å². The SMILES string of the molecule is CCC(I)=NC. The lowest BCUT2D eigenvalue weighted by atomic mass is 10.5. The Morgan fingerprint density at radius 3 is 2.33 bits per heavy atom. The lowest BCUT2D eigenvalue weighted by molar-refractivity contribution is 1.29. The monoisotopic (exact) mass is 197 g/mol. The second kappa shape index (κ2) is 3.59. The van der Waals surface area contributed by atoms with Crippen molar-refractivity contribution in [3.8, 4) is 0 Å². The van der Waals surface area contributed by atoms with Gasteiger partial charge in [0.2, 0.25) is 0 Å². The van der Waals surface area contributed by atoms with E-state index in [0.717, 1.165) is 6.42 Å². The standard InChI is InChI=1S/C4H8IN/c1-3-4(5)6-2/h3H2,1-2H3. The fraction of sp³-hybridized carbons (Fsp3) is 0.750. The number of hydrogen-bond donors (Lipinski definition) is 0. The van der Waals surface area contributed by atoms with Gasteiger partial charge in [-0.3, -0.25) is 4.99 Å². The van der Waals surface area contributed by atoms with Crippen molar-refractivity contribution in [1.29, 1.82) is 0 Å². The summed E-state index contributed by atoms with van der Waals surface area (Å²) < 4.78 is 1.19. The average molecular weight is 197 g/mol. The van der Waals surface area contributed by atoms with Crippen LogP contribution in [0.5, 0.6) is 0 Å². The molecule has 0 atom stereocenters. The van der Waals surface area contributed by atoms with Gasteiger partial charge in [-0.25, -0.2) is 0 Å². The molecule has 0 rings (SSSR count). The highest BCUT2D eigenvalue weighted by atomic mass is 127. The van der Waals surface area contributed by atoms with E-state index in [1.165, 1.54) is 3.72 Å². The molecule has 1 nitrogen and oxygen atoms in total. The summed E-state index contributed by atoms with van der Waals surface area (Å²) in [6.45, 7) is 2.09. The van der Waals surface area contributed by atoms with Gasteiger partial charge in [-0.15, -0.1) is 0 Å². The molecule has 0 amide bonds. The summed E-state index contributed by atoms with van der Waals surface area (Å²) in [5.74, 6) is 0. The number of nitrogens with zero attached hydrogens (tertiary/aromatic N) is 1. The minimum absolute atomic E-state index is 1.07. The smallest absolute Gasteiger partial charge is 0.0722 e. The molecule has 0 radical (unpaired) electrons. The van der Waals surface area contributed by atoms with Crippen molar-refractivity contribution >= 4 is 26.3 Å². The summed E-state index contributed by atoms with van der Waals surface area (Å²) in [5, 5.41) is 0. The fourth-order valence-electron chi connectivity index (χ4n) is 0.158. The molecule has 0 saturated carbocycles. The second-order valence-corrected chi connectivity index (χ2v) is 2.20. The number of hydrogen-bond acceptors (Lipinski definition) is 1. The zero-order chi connectivity index (χ0) is 4.99. The summed E-state index contributed by atoms with van der Waals surface area (Å²) >= 11 is 2.22. The molecule has 0 spiro atoms. The summed E-state index contributed by atoms with van der Waals surface area (Å²) in [6.07, 6.45) is 1.07. The summed E-state index contributed by atoms with van der Waals surface area (Å²) in [4.78, 5) is 3.91. The maximum atomic E-state index is 3.91. The Hall–Kier alpha value is 0.400. The third-order valence-electron chi connectivity index (χ3n) is 0.534. The minimum Gasteiger partial charge on any atom is -0.287 e. The molecule has 0 aromatic carbocycles. The van der Waals surface area contributed by atoms with Crippen LogP contribution in [0.4, 0.5) is 0 Å². The fourth-order valence-corrected chi connectivity index (χ4v) is 0.158. The molecule has 6 heavy (non-hydrogen) atoms. The summed E-state index contributed by atoms with van der Waals surface area (Å²) in [5.41, 5.74) is 0. The predicted octanol–water partition coefficient (Wildman–Crippen LogP) is 1.86. The van der Waals surface area contributed by atoms with Gasteiger partial charge in [0.1, 0.15) is 0 Å². The lowest BCUT2D eigenvalue weighted by Crippen LogP contribution is -1.76. The van der Waals surface area contributed by atoms with E-state index in [9.17, 15) is 0 Å². The summed E-state index contributed by atoms with van der Waals surface area (Å²) in [7, 11) is 1.81. The maximum Gasteiger partial charge on any atom is 0.0722 e. The highest BCUT2D eigenvalue weighted by Crippen LogP contribution is 1.92. The maximum absolute atomic E-state index is 3.91. The van der Waals surface area contributed by atoms with Crippen LogP contribution in [-0.2, 0) is 0 Å². The van der Waals surface area contributed by atoms with Crippen LogP contribution in [0.1, 0.15) is 13.3 Å². The molecule has 0 unspecified atom stereocenters. The van der Waals surface area contributed by atoms with Crippen molar-refractivity contribution in [2.24, 2.45) is 4.99 Å². The largest absolute Gasteiger partial charge is 0.287 e. The van der Waals surface area contributed by atoms with Gasteiger partial charge in [-0.05, 0) is 29.0 Å². The van der Waals surface area contributed by atoms with Crippen molar-refractivity contribution < 1.29 is 0 Å². The van der Waals surface area contributed by atoms with Gasteiger partial charge in [-0.2, -0.15) is 0 Å². The highest BCUT2D eigenvalue weighted by molar-refractivity contribution is 14.1. The number of halogens is 1. The van der Waals surface area contributed by atoms with Crippen molar-refractivity contribution in [3.05, 3.63) is 0 Å². The van der Waals surface area contributed by atoms with Gasteiger partial charge in [-0.1, -0.05) is 6.92 Å². The predicted molar refractivity (Wildman–Crippen MR) is 37.7 cm³/mol. The third-order valence-corrected chi connectivity index (χ3v) is 1.78. The first-order valence-corrected chi connectivity index (χ1v) is 3.00. The van der Waals surface area contributed by atoms with E-state index in [0.29, 0.717) is 0 Å². The van der Waals surface area contributed by atoms with Crippen LogP contribution >= 0.6 is 22.6 Å². The third kappa shape index (κ3) is 2.63. The highest BCUT2D eigenvalue weighted by Gasteiger charge is 1.78. The molecule has 0 N–H and O–H groups in total. The second-order valence-electron chi connectivity index (χ2n) is 0.953. The molecule has 0 aromatic heterocycles. The molecular weight excluding hydrogens is 189 g/mol. The Morgan fingerprint density at radius 2 is 2.33 bits per heavy atom. The van der Waals surface area contributed by atoms with Crippen LogP contribution in [-0.4, -0.2) is 10.8 Å². The zero-order valence-corrected chi connectivity index (χ0v) is 6.19. The van der Waals surface area contributed by atoms with E-state index >= 15 is 0 Å². The molecule has 0 aliphatic rings. The molecule has 0 bridgehead atoms. The van der Waals surface area contributed by atoms with Crippen molar-refractivity contribution in [3.63, 3.8) is 0 Å². The quantitative estimate of drug-likeness (QED) is 0.449. The van der Waals surface area contributed by atoms with Gasteiger partial charge >= 0.3 is 0 Å². The van der Waals surface area contributed by atoms with E-state index in [1.807, 2.05) is 7.05 Å². The van der Waals surface area contributed by atoms with Gasteiger partial charge in [0.25, 0.3) is 0 Å². The Bertz CT molecular complexity index is 58.6. The van der Waals surface area contributed by atoms with E-state index in [2.05, 4.69) is 34.5 Å². The molecular formula is C4H8IN. The average Bonchev–Trinajstić information content (AvgIpc) is 1.65. The Morgan fingerprint density at radius 1 is 1.83 bits per heavy atom. The molecule has 0 fully saturated rings.